The van der Waals surface area contributed by atoms with E-state index in [9.17, 15) is 18.4 Å². The summed E-state index contributed by atoms with van der Waals surface area (Å²) in [6, 6.07) is 2.90. The average molecular weight is 296 g/mol. The van der Waals surface area contributed by atoms with Crippen molar-refractivity contribution in [1.82, 2.24) is 10.6 Å². The molecule has 5 nitrogen and oxygen atoms in total. The number of ether oxygens (including phenoxy) is 1. The predicted molar refractivity (Wildman–Crippen MR) is 70.3 cm³/mol. The lowest BCUT2D eigenvalue weighted by Gasteiger charge is -2.31. The van der Waals surface area contributed by atoms with Gasteiger partial charge < -0.3 is 15.4 Å². The van der Waals surface area contributed by atoms with Crippen LogP contribution in [0.3, 0.4) is 0 Å². The van der Waals surface area contributed by atoms with Crippen molar-refractivity contribution < 1.29 is 23.1 Å². The second kappa shape index (κ2) is 6.34. The molecule has 1 aromatic carbocycles. The molecular weight excluding hydrogens is 282 g/mol. The molecule has 0 aromatic heterocycles. The van der Waals surface area contributed by atoms with Crippen LogP contribution in [-0.2, 0) is 9.59 Å². The first-order chi connectivity index (χ1) is 10.0. The van der Waals surface area contributed by atoms with Gasteiger partial charge in [0.1, 0.15) is 5.75 Å². The van der Waals surface area contributed by atoms with Crippen LogP contribution >= 0.6 is 0 Å². The largest absolute Gasteiger partial charge is 0.484 e. The predicted octanol–water partition coefficient (Wildman–Crippen LogP) is 1.25. The fourth-order valence-corrected chi connectivity index (χ4v) is 1.95. The number of hydrogen-bond donors (Lipinski definition) is 2. The van der Waals surface area contributed by atoms with Crippen molar-refractivity contribution in [2.75, 3.05) is 6.61 Å². The summed E-state index contributed by atoms with van der Waals surface area (Å²) in [5.41, 5.74) is 1.67. The third-order valence-electron chi connectivity index (χ3n) is 3.24. The van der Waals surface area contributed by atoms with E-state index in [1.54, 1.807) is 6.92 Å². The van der Waals surface area contributed by atoms with Crippen LogP contribution in [0.2, 0.25) is 0 Å². The van der Waals surface area contributed by atoms with E-state index in [0.717, 1.165) is 23.4 Å². The molecule has 2 amide bonds. The Balaban J connectivity index is 1.81. The summed E-state index contributed by atoms with van der Waals surface area (Å²) in [5, 5.41) is 5.25. The van der Waals surface area contributed by atoms with Crippen LogP contribution in [0.25, 0.3) is 0 Å². The minimum Gasteiger partial charge on any atom is -0.484 e. The van der Waals surface area contributed by atoms with Crippen LogP contribution in [0.4, 0.5) is 8.78 Å². The average Bonchev–Trinajstić information content (AvgIpc) is 2.47. The highest BCUT2D eigenvalue weighted by molar-refractivity contribution is 5.78. The van der Waals surface area contributed by atoms with Crippen LogP contribution in [0.5, 0.6) is 5.75 Å². The molecule has 0 bridgehead atoms. The number of hydrogen-bond acceptors (Lipinski definition) is 3. The lowest BCUT2D eigenvalue weighted by Crippen LogP contribution is -2.45. The second-order valence-corrected chi connectivity index (χ2v) is 4.61. The molecule has 21 heavy (non-hydrogen) atoms. The third kappa shape index (κ3) is 3.56. The van der Waals surface area contributed by atoms with Crippen LogP contribution in [0.15, 0.2) is 29.5 Å². The number of carbonyl (C=O) groups is 2. The van der Waals surface area contributed by atoms with Gasteiger partial charge in [-0.15, -0.1) is 0 Å². The molecule has 7 heteroatoms. The minimum atomic E-state index is -1.03. The van der Waals surface area contributed by atoms with Crippen LogP contribution in [-0.4, -0.2) is 25.0 Å². The van der Waals surface area contributed by atoms with E-state index >= 15 is 0 Å². The highest BCUT2D eigenvalue weighted by atomic mass is 19.2. The van der Waals surface area contributed by atoms with Crippen LogP contribution < -0.4 is 15.4 Å². The smallest absolute Gasteiger partial charge is 0.258 e. The molecule has 1 aromatic rings. The van der Waals surface area contributed by atoms with E-state index in [4.69, 9.17) is 4.74 Å². The molecule has 1 aliphatic carbocycles. The maximum atomic E-state index is 12.9. The van der Waals surface area contributed by atoms with Gasteiger partial charge in [-0.1, -0.05) is 0 Å². The van der Waals surface area contributed by atoms with Gasteiger partial charge in [-0.3, -0.25) is 9.59 Å². The SMILES string of the molecule is CC1=C(NC=O)CC1NC(=O)COc1ccc(F)c(F)c1. The molecule has 0 fully saturated rings. The van der Waals surface area contributed by atoms with E-state index in [2.05, 4.69) is 10.6 Å². The lowest BCUT2D eigenvalue weighted by molar-refractivity contribution is -0.123. The van der Waals surface area contributed by atoms with Crippen molar-refractivity contribution in [2.45, 2.75) is 19.4 Å². The van der Waals surface area contributed by atoms with Crippen LogP contribution in [0.1, 0.15) is 13.3 Å². The molecule has 0 heterocycles. The summed E-state index contributed by atoms with van der Waals surface area (Å²) in [7, 11) is 0. The zero-order valence-corrected chi connectivity index (χ0v) is 11.3. The van der Waals surface area contributed by atoms with Gasteiger partial charge in [-0.25, -0.2) is 8.78 Å². The van der Waals surface area contributed by atoms with Gasteiger partial charge in [0.15, 0.2) is 18.2 Å². The Morgan fingerprint density at radius 1 is 1.43 bits per heavy atom. The van der Waals surface area contributed by atoms with Gasteiger partial charge in [0.2, 0.25) is 6.41 Å². The second-order valence-electron chi connectivity index (χ2n) is 4.61. The highest BCUT2D eigenvalue weighted by Gasteiger charge is 2.27. The molecule has 0 aliphatic heterocycles. The topological polar surface area (TPSA) is 67.4 Å². The monoisotopic (exact) mass is 296 g/mol. The molecule has 2 N–H and O–H groups in total. The fraction of sp³-hybridized carbons (Fsp3) is 0.286. The Hall–Kier alpha value is -2.44. The number of nitrogens with one attached hydrogen (secondary N) is 2. The molecule has 0 spiro atoms. The van der Waals surface area contributed by atoms with Crippen molar-refractivity contribution in [1.29, 1.82) is 0 Å². The van der Waals surface area contributed by atoms with Gasteiger partial charge in [-0.2, -0.15) is 0 Å². The Morgan fingerprint density at radius 2 is 2.19 bits per heavy atom. The van der Waals surface area contributed by atoms with E-state index in [1.165, 1.54) is 6.07 Å². The van der Waals surface area contributed by atoms with Crippen molar-refractivity contribution in [3.63, 3.8) is 0 Å². The third-order valence-corrected chi connectivity index (χ3v) is 3.24. The maximum absolute atomic E-state index is 12.9. The van der Waals surface area contributed by atoms with Gasteiger partial charge in [0, 0.05) is 18.2 Å². The van der Waals surface area contributed by atoms with Crippen molar-refractivity contribution in [3.8, 4) is 5.75 Å². The Labute approximate surface area is 120 Å². The van der Waals surface area contributed by atoms with E-state index in [1.807, 2.05) is 0 Å². The van der Waals surface area contributed by atoms with Crippen molar-refractivity contribution in [3.05, 3.63) is 41.1 Å². The summed E-state index contributed by atoms with van der Waals surface area (Å²) in [5.74, 6) is -2.31. The molecule has 112 valence electrons. The molecule has 1 aliphatic rings. The van der Waals surface area contributed by atoms with Gasteiger partial charge in [0.25, 0.3) is 5.91 Å². The van der Waals surface area contributed by atoms with Crippen molar-refractivity contribution >= 4 is 12.3 Å². The molecule has 0 radical (unpaired) electrons. The number of halogens is 2. The lowest BCUT2D eigenvalue weighted by atomic mass is 9.89. The van der Waals surface area contributed by atoms with E-state index < -0.39 is 11.6 Å². The number of carbonyl (C=O) groups excluding carboxylic acids is 2. The van der Waals surface area contributed by atoms with Gasteiger partial charge in [0.05, 0.1) is 6.04 Å². The zero-order valence-electron chi connectivity index (χ0n) is 11.3. The van der Waals surface area contributed by atoms with Crippen LogP contribution in [0, 0.1) is 11.6 Å². The minimum absolute atomic E-state index is 0.0771. The molecule has 1 unspecified atom stereocenters. The normalized spacial score (nSPS) is 17.0. The molecule has 0 saturated carbocycles. The summed E-state index contributed by atoms with van der Waals surface area (Å²) in [4.78, 5) is 21.9. The van der Waals surface area contributed by atoms with Crippen molar-refractivity contribution in [2.24, 2.45) is 0 Å². The molecule has 2 rings (SSSR count). The molecular formula is C14H14F2N2O3. The first-order valence-electron chi connectivity index (χ1n) is 6.28. The van der Waals surface area contributed by atoms with E-state index in [-0.39, 0.29) is 24.3 Å². The Kier molecular flexibility index (Phi) is 4.52. The van der Waals surface area contributed by atoms with Gasteiger partial charge in [-0.05, 0) is 24.6 Å². The number of amides is 2. The first kappa shape index (κ1) is 15.0. The van der Waals surface area contributed by atoms with E-state index in [0.29, 0.717) is 12.8 Å². The van der Waals surface area contributed by atoms with Gasteiger partial charge >= 0.3 is 0 Å². The summed E-state index contributed by atoms with van der Waals surface area (Å²) in [6.45, 7) is 1.50. The molecule has 1 atom stereocenters. The highest BCUT2D eigenvalue weighted by Crippen LogP contribution is 2.25. The number of benzene rings is 1. The standard InChI is InChI=1S/C14H14F2N2O3/c1-8-12(17-7-19)5-13(8)18-14(20)6-21-9-2-3-10(15)11(16)4-9/h2-4,7,13H,5-6H2,1H3,(H,17,19)(H,18,20). The first-order valence-corrected chi connectivity index (χ1v) is 6.28. The summed E-state index contributed by atoms with van der Waals surface area (Å²) >= 11 is 0. The Morgan fingerprint density at radius 3 is 2.81 bits per heavy atom. The zero-order chi connectivity index (χ0) is 15.4. The quantitative estimate of drug-likeness (QED) is 0.776. The Bertz CT molecular complexity index is 602. The fourth-order valence-electron chi connectivity index (χ4n) is 1.95. The maximum Gasteiger partial charge on any atom is 0.258 e. The summed E-state index contributed by atoms with van der Waals surface area (Å²) in [6.07, 6.45) is 1.13. The summed E-state index contributed by atoms with van der Waals surface area (Å²) < 4.78 is 30.7. The number of rotatable bonds is 6. The molecule has 0 saturated heterocycles.